The fourth-order valence-corrected chi connectivity index (χ4v) is 4.75. The second-order valence-electron chi connectivity index (χ2n) is 7.84. The van der Waals surface area contributed by atoms with Crippen molar-refractivity contribution >= 4 is 0 Å². The molecular weight excluding hydrogens is 322 g/mol. The van der Waals surface area contributed by atoms with Crippen molar-refractivity contribution in [2.45, 2.75) is 63.3 Å². The van der Waals surface area contributed by atoms with Crippen molar-refractivity contribution in [3.63, 3.8) is 0 Å². The Morgan fingerprint density at radius 3 is 2.54 bits per heavy atom. The van der Waals surface area contributed by atoms with Crippen molar-refractivity contribution in [1.29, 1.82) is 5.26 Å². The lowest BCUT2D eigenvalue weighted by Gasteiger charge is -2.52. The minimum atomic E-state index is -0.839. The molecule has 1 aromatic carbocycles. The van der Waals surface area contributed by atoms with Crippen LogP contribution in [0.4, 0.5) is 0 Å². The first-order chi connectivity index (χ1) is 12.6. The smallest absolute Gasteiger partial charge is 0.143 e. The van der Waals surface area contributed by atoms with Crippen LogP contribution in [0.1, 0.15) is 54.5 Å². The van der Waals surface area contributed by atoms with Gasteiger partial charge in [0.25, 0.3) is 0 Å². The number of nitriles is 1. The Morgan fingerprint density at radius 2 is 1.92 bits per heavy atom. The lowest BCUT2D eigenvalue weighted by atomic mass is 9.72. The molecule has 4 heteroatoms. The van der Waals surface area contributed by atoms with Crippen LogP contribution >= 0.6 is 0 Å². The van der Waals surface area contributed by atoms with Crippen LogP contribution in [0.25, 0.3) is 0 Å². The van der Waals surface area contributed by atoms with Crippen LogP contribution < -0.4 is 0 Å². The van der Waals surface area contributed by atoms with Gasteiger partial charge in [0.05, 0.1) is 5.60 Å². The SMILES string of the molecule is Cc1cc(C2(O)CC3CCCC(C2)N3Cc2ccccc2)cnc1C#N. The molecule has 2 aliphatic rings. The van der Waals surface area contributed by atoms with Gasteiger partial charge in [-0.3, -0.25) is 4.90 Å². The molecule has 1 N–H and O–H groups in total. The Hall–Kier alpha value is -2.22. The van der Waals surface area contributed by atoms with E-state index in [1.165, 1.54) is 12.0 Å². The Balaban J connectivity index is 1.59. The molecule has 2 aromatic rings. The van der Waals surface area contributed by atoms with E-state index in [1.54, 1.807) is 6.20 Å². The van der Waals surface area contributed by atoms with Gasteiger partial charge in [-0.15, -0.1) is 0 Å². The van der Waals surface area contributed by atoms with Gasteiger partial charge in [0.2, 0.25) is 0 Å². The number of piperidine rings is 2. The normalized spacial score (nSPS) is 28.5. The van der Waals surface area contributed by atoms with E-state index < -0.39 is 5.60 Å². The van der Waals surface area contributed by atoms with Crippen molar-refractivity contribution < 1.29 is 5.11 Å². The molecule has 4 rings (SSSR count). The molecule has 2 fully saturated rings. The van der Waals surface area contributed by atoms with E-state index >= 15 is 0 Å². The summed E-state index contributed by atoms with van der Waals surface area (Å²) in [6.45, 7) is 2.85. The second-order valence-corrected chi connectivity index (χ2v) is 7.84. The molecule has 0 aliphatic carbocycles. The third kappa shape index (κ3) is 3.13. The third-order valence-electron chi connectivity index (χ3n) is 6.09. The molecule has 134 valence electrons. The van der Waals surface area contributed by atoms with Gasteiger partial charge < -0.3 is 5.11 Å². The van der Waals surface area contributed by atoms with Crippen LogP contribution in [-0.2, 0) is 12.1 Å². The highest BCUT2D eigenvalue weighted by atomic mass is 16.3. The molecule has 2 atom stereocenters. The molecule has 0 spiro atoms. The summed E-state index contributed by atoms with van der Waals surface area (Å²) in [5.74, 6) is 0. The maximum absolute atomic E-state index is 11.5. The molecule has 1 aromatic heterocycles. The zero-order chi connectivity index (χ0) is 18.1. The minimum absolute atomic E-state index is 0.392. The van der Waals surface area contributed by atoms with E-state index in [2.05, 4.69) is 46.3 Å². The number of nitrogens with zero attached hydrogens (tertiary/aromatic N) is 3. The predicted molar refractivity (Wildman–Crippen MR) is 100 cm³/mol. The molecule has 2 bridgehead atoms. The highest BCUT2D eigenvalue weighted by Gasteiger charge is 2.46. The number of rotatable bonds is 3. The first kappa shape index (κ1) is 17.2. The lowest BCUT2D eigenvalue weighted by molar-refractivity contribution is -0.100. The summed E-state index contributed by atoms with van der Waals surface area (Å²) in [5.41, 5.74) is 2.65. The molecular formula is C22H25N3O. The molecule has 0 amide bonds. The fraction of sp³-hybridized carbons (Fsp3) is 0.455. The molecule has 2 aliphatic heterocycles. The summed E-state index contributed by atoms with van der Waals surface area (Å²) in [4.78, 5) is 6.86. The summed E-state index contributed by atoms with van der Waals surface area (Å²) >= 11 is 0. The van der Waals surface area contributed by atoms with Crippen molar-refractivity contribution in [2.24, 2.45) is 0 Å². The number of aliphatic hydroxyl groups is 1. The van der Waals surface area contributed by atoms with Gasteiger partial charge >= 0.3 is 0 Å². The number of benzene rings is 1. The molecule has 26 heavy (non-hydrogen) atoms. The highest BCUT2D eigenvalue weighted by Crippen LogP contribution is 2.44. The molecule has 2 saturated heterocycles. The summed E-state index contributed by atoms with van der Waals surface area (Å²) in [5, 5.41) is 20.6. The van der Waals surface area contributed by atoms with Crippen molar-refractivity contribution in [2.75, 3.05) is 0 Å². The summed E-state index contributed by atoms with van der Waals surface area (Å²) in [6.07, 6.45) is 6.69. The average molecular weight is 347 g/mol. The summed E-state index contributed by atoms with van der Waals surface area (Å²) in [6, 6.07) is 15.5. The van der Waals surface area contributed by atoms with E-state index in [0.29, 0.717) is 17.8 Å². The zero-order valence-electron chi connectivity index (χ0n) is 15.2. The van der Waals surface area contributed by atoms with Crippen molar-refractivity contribution in [3.05, 3.63) is 65.0 Å². The predicted octanol–water partition coefficient (Wildman–Crippen LogP) is 3.67. The van der Waals surface area contributed by atoms with Gasteiger partial charge in [-0.1, -0.05) is 36.8 Å². The quantitative estimate of drug-likeness (QED) is 0.920. The number of fused-ring (bicyclic) bond motifs is 2. The van der Waals surface area contributed by atoms with Gasteiger partial charge in [0.15, 0.2) is 0 Å². The van der Waals surface area contributed by atoms with Gasteiger partial charge in [0.1, 0.15) is 11.8 Å². The average Bonchev–Trinajstić information content (AvgIpc) is 2.63. The first-order valence-corrected chi connectivity index (χ1v) is 9.48. The molecule has 0 radical (unpaired) electrons. The first-order valence-electron chi connectivity index (χ1n) is 9.48. The van der Waals surface area contributed by atoms with Gasteiger partial charge in [-0.25, -0.2) is 4.98 Å². The Morgan fingerprint density at radius 1 is 1.23 bits per heavy atom. The number of hydrogen-bond donors (Lipinski definition) is 1. The number of aryl methyl sites for hydroxylation is 1. The van der Waals surface area contributed by atoms with Crippen LogP contribution in [0.3, 0.4) is 0 Å². The van der Waals surface area contributed by atoms with E-state index in [0.717, 1.165) is 43.4 Å². The van der Waals surface area contributed by atoms with Crippen LogP contribution in [0, 0.1) is 18.3 Å². The van der Waals surface area contributed by atoms with Crippen LogP contribution in [0.15, 0.2) is 42.6 Å². The number of aromatic nitrogens is 1. The summed E-state index contributed by atoms with van der Waals surface area (Å²) in [7, 11) is 0. The highest BCUT2D eigenvalue weighted by molar-refractivity contribution is 5.35. The molecule has 3 heterocycles. The van der Waals surface area contributed by atoms with E-state index in [9.17, 15) is 5.11 Å². The second kappa shape index (κ2) is 6.83. The Labute approximate surface area is 155 Å². The number of hydrogen-bond acceptors (Lipinski definition) is 4. The van der Waals surface area contributed by atoms with Crippen molar-refractivity contribution in [3.8, 4) is 6.07 Å². The van der Waals surface area contributed by atoms with Crippen molar-refractivity contribution in [1.82, 2.24) is 9.88 Å². The number of pyridine rings is 1. The molecule has 4 nitrogen and oxygen atoms in total. The van der Waals surface area contributed by atoms with Crippen LogP contribution in [0.2, 0.25) is 0 Å². The van der Waals surface area contributed by atoms with Crippen LogP contribution in [0.5, 0.6) is 0 Å². The van der Waals surface area contributed by atoms with E-state index in [-0.39, 0.29) is 0 Å². The molecule has 0 saturated carbocycles. The van der Waals surface area contributed by atoms with Gasteiger partial charge in [0, 0.05) is 30.4 Å². The lowest BCUT2D eigenvalue weighted by Crippen LogP contribution is -2.56. The van der Waals surface area contributed by atoms with Crippen LogP contribution in [-0.4, -0.2) is 27.1 Å². The zero-order valence-corrected chi connectivity index (χ0v) is 15.2. The third-order valence-corrected chi connectivity index (χ3v) is 6.09. The maximum atomic E-state index is 11.5. The monoisotopic (exact) mass is 347 g/mol. The summed E-state index contributed by atoms with van der Waals surface area (Å²) < 4.78 is 0. The topological polar surface area (TPSA) is 60.1 Å². The largest absolute Gasteiger partial charge is 0.385 e. The standard InChI is InChI=1S/C22H25N3O/c1-16-10-18(14-24-21(16)13-23)22(26)11-19-8-5-9-20(12-22)25(19)15-17-6-3-2-4-7-17/h2-4,6-7,10,14,19-20,26H,5,8-9,11-12,15H2,1H3. The van der Waals surface area contributed by atoms with Gasteiger partial charge in [-0.2, -0.15) is 5.26 Å². The Kier molecular flexibility index (Phi) is 4.52. The molecule has 2 unspecified atom stereocenters. The van der Waals surface area contributed by atoms with Gasteiger partial charge in [-0.05, 0) is 49.8 Å². The van der Waals surface area contributed by atoms with E-state index in [4.69, 9.17) is 5.26 Å². The Bertz CT molecular complexity index is 813. The van der Waals surface area contributed by atoms with E-state index in [1.807, 2.05) is 13.0 Å². The maximum Gasteiger partial charge on any atom is 0.143 e. The fourth-order valence-electron chi connectivity index (χ4n) is 4.75. The minimum Gasteiger partial charge on any atom is -0.385 e.